The van der Waals surface area contributed by atoms with Crippen molar-refractivity contribution < 1.29 is 32.3 Å². The average Bonchev–Trinajstić information content (AvgIpc) is 2.73. The molecule has 204 valence electrons. The smallest absolute Gasteiger partial charge is 0.412 e. The van der Waals surface area contributed by atoms with Crippen LogP contribution in [0.25, 0.3) is 0 Å². The molecule has 2 aromatic rings. The highest BCUT2D eigenvalue weighted by Gasteiger charge is 2.57. The van der Waals surface area contributed by atoms with Crippen LogP contribution in [0.5, 0.6) is 0 Å². The molecule has 3 saturated carbocycles. The number of hydrogen-bond acceptors (Lipinski definition) is 4. The summed E-state index contributed by atoms with van der Waals surface area (Å²) in [6.45, 7) is 6.59. The predicted molar refractivity (Wildman–Crippen MR) is 135 cm³/mol. The van der Waals surface area contributed by atoms with Gasteiger partial charge in [0, 0.05) is 11.6 Å². The van der Waals surface area contributed by atoms with Crippen molar-refractivity contribution in [3.63, 3.8) is 0 Å². The third-order valence-electron chi connectivity index (χ3n) is 7.07. The fourth-order valence-corrected chi connectivity index (χ4v) is 5.26. The van der Waals surface area contributed by atoms with Gasteiger partial charge in [0.1, 0.15) is 29.1 Å². The fourth-order valence-electron chi connectivity index (χ4n) is 5.26. The topological polar surface area (TPSA) is 96.5 Å². The summed E-state index contributed by atoms with van der Waals surface area (Å²) >= 11 is 0. The SMILES string of the molecule is C[C@@H](NC(=O)C(CC12CC(C1)C2)NC(=O)c1cc(F)ccc1NC(=O)OC(C)(C)C)c1ccc(F)cc1F. The number of ether oxygens (including phenoxy) is 1. The first kappa shape index (κ1) is 27.5. The molecule has 38 heavy (non-hydrogen) atoms. The minimum atomic E-state index is -0.993. The van der Waals surface area contributed by atoms with Gasteiger partial charge in [0.15, 0.2) is 0 Å². The second kappa shape index (κ2) is 10.3. The Balaban J connectivity index is 1.52. The number of amides is 3. The Kier molecular flexibility index (Phi) is 7.45. The second-order valence-corrected chi connectivity index (χ2v) is 11.4. The number of nitrogens with one attached hydrogen (secondary N) is 3. The van der Waals surface area contributed by atoms with Gasteiger partial charge in [-0.1, -0.05) is 6.07 Å². The Morgan fingerprint density at radius 2 is 1.63 bits per heavy atom. The Hall–Kier alpha value is -3.56. The van der Waals surface area contributed by atoms with E-state index in [2.05, 4.69) is 16.0 Å². The Morgan fingerprint density at radius 1 is 1.00 bits per heavy atom. The highest BCUT2D eigenvalue weighted by molar-refractivity contribution is 6.04. The molecule has 2 atom stereocenters. The van der Waals surface area contributed by atoms with Crippen LogP contribution in [-0.4, -0.2) is 29.6 Å². The first-order chi connectivity index (χ1) is 17.7. The maximum absolute atomic E-state index is 14.3. The lowest BCUT2D eigenvalue weighted by Crippen LogP contribution is -2.58. The molecule has 0 radical (unpaired) electrons. The zero-order valence-corrected chi connectivity index (χ0v) is 21.8. The summed E-state index contributed by atoms with van der Waals surface area (Å²) in [7, 11) is 0. The van der Waals surface area contributed by atoms with Crippen LogP contribution in [0.1, 0.15) is 75.3 Å². The Labute approximate surface area is 219 Å². The van der Waals surface area contributed by atoms with Gasteiger partial charge >= 0.3 is 6.09 Å². The molecule has 3 amide bonds. The monoisotopic (exact) mass is 531 g/mol. The fraction of sp³-hybridized carbons (Fsp3) is 0.464. The molecule has 3 aliphatic rings. The molecule has 10 heteroatoms. The van der Waals surface area contributed by atoms with Gasteiger partial charge in [-0.15, -0.1) is 0 Å². The van der Waals surface area contributed by atoms with E-state index in [-0.39, 0.29) is 22.2 Å². The van der Waals surface area contributed by atoms with Crippen LogP contribution in [0.4, 0.5) is 23.7 Å². The van der Waals surface area contributed by atoms with Gasteiger partial charge in [-0.25, -0.2) is 18.0 Å². The van der Waals surface area contributed by atoms with Crippen LogP contribution in [0.15, 0.2) is 36.4 Å². The highest BCUT2D eigenvalue weighted by atomic mass is 19.1. The average molecular weight is 532 g/mol. The van der Waals surface area contributed by atoms with E-state index < -0.39 is 53.0 Å². The van der Waals surface area contributed by atoms with Crippen molar-refractivity contribution >= 4 is 23.6 Å². The molecule has 0 spiro atoms. The molecule has 7 nitrogen and oxygen atoms in total. The number of halogens is 3. The van der Waals surface area contributed by atoms with Crippen molar-refractivity contribution in [2.45, 2.75) is 71.1 Å². The lowest BCUT2D eigenvalue weighted by molar-refractivity contribution is -0.136. The number of hydrogen-bond donors (Lipinski definition) is 3. The molecule has 0 saturated heterocycles. The molecule has 0 aromatic heterocycles. The molecule has 2 bridgehead atoms. The molecule has 2 aromatic carbocycles. The first-order valence-corrected chi connectivity index (χ1v) is 12.6. The van der Waals surface area contributed by atoms with E-state index in [4.69, 9.17) is 4.74 Å². The zero-order valence-electron chi connectivity index (χ0n) is 21.8. The van der Waals surface area contributed by atoms with Gasteiger partial charge in [0.25, 0.3) is 5.91 Å². The summed E-state index contributed by atoms with van der Waals surface area (Å²) in [5, 5.41) is 7.85. The second-order valence-electron chi connectivity index (χ2n) is 11.4. The summed E-state index contributed by atoms with van der Waals surface area (Å²) in [5.74, 6) is -2.90. The van der Waals surface area contributed by atoms with Crippen molar-refractivity contribution in [2.24, 2.45) is 11.3 Å². The number of rotatable bonds is 8. The van der Waals surface area contributed by atoms with E-state index in [9.17, 15) is 27.6 Å². The van der Waals surface area contributed by atoms with Crippen molar-refractivity contribution in [3.05, 3.63) is 65.0 Å². The van der Waals surface area contributed by atoms with Gasteiger partial charge in [-0.3, -0.25) is 14.9 Å². The maximum Gasteiger partial charge on any atom is 0.412 e. The van der Waals surface area contributed by atoms with E-state index in [1.54, 1.807) is 27.7 Å². The minimum Gasteiger partial charge on any atom is -0.444 e. The van der Waals surface area contributed by atoms with Crippen LogP contribution in [0, 0.1) is 28.8 Å². The third kappa shape index (κ3) is 6.28. The number of anilines is 1. The van der Waals surface area contributed by atoms with Gasteiger partial charge in [-0.2, -0.15) is 0 Å². The summed E-state index contributed by atoms with van der Waals surface area (Å²) in [6.07, 6.45) is 2.42. The summed E-state index contributed by atoms with van der Waals surface area (Å²) in [6, 6.07) is 4.60. The van der Waals surface area contributed by atoms with Gasteiger partial charge < -0.3 is 15.4 Å². The molecular formula is C28H32F3N3O4. The molecular weight excluding hydrogens is 499 g/mol. The van der Waals surface area contributed by atoms with Crippen molar-refractivity contribution in [1.82, 2.24) is 10.6 Å². The third-order valence-corrected chi connectivity index (χ3v) is 7.07. The van der Waals surface area contributed by atoms with Crippen LogP contribution in [-0.2, 0) is 9.53 Å². The molecule has 0 heterocycles. The Morgan fingerprint density at radius 3 is 2.21 bits per heavy atom. The van der Waals surface area contributed by atoms with Crippen molar-refractivity contribution in [3.8, 4) is 0 Å². The molecule has 3 aliphatic carbocycles. The van der Waals surface area contributed by atoms with Gasteiger partial charge in [0.05, 0.1) is 17.3 Å². The minimum absolute atomic E-state index is 0.0181. The van der Waals surface area contributed by atoms with Crippen molar-refractivity contribution in [2.75, 3.05) is 5.32 Å². The first-order valence-electron chi connectivity index (χ1n) is 12.6. The van der Waals surface area contributed by atoms with E-state index in [1.165, 1.54) is 12.1 Å². The lowest BCUT2D eigenvalue weighted by Gasteiger charge is -2.63. The largest absolute Gasteiger partial charge is 0.444 e. The van der Waals surface area contributed by atoms with E-state index in [0.29, 0.717) is 12.3 Å². The van der Waals surface area contributed by atoms with Gasteiger partial charge in [0.2, 0.25) is 5.91 Å². The van der Waals surface area contributed by atoms with E-state index in [1.807, 2.05) is 0 Å². The molecule has 3 fully saturated rings. The number of benzene rings is 2. The van der Waals surface area contributed by atoms with Crippen LogP contribution >= 0.6 is 0 Å². The van der Waals surface area contributed by atoms with E-state index in [0.717, 1.165) is 43.5 Å². The summed E-state index contributed by atoms with van der Waals surface area (Å²) in [4.78, 5) is 38.9. The Bertz CT molecular complexity index is 1240. The standard InChI is InChI=1S/C28H32F3N3O4/c1-15(19-7-5-18(30)10-21(19)31)32-25(36)23(14-28-11-16(12-28)13-28)33-24(35)20-9-17(29)6-8-22(20)34-26(37)38-27(2,3)4/h5-10,15-16,23H,11-14H2,1-4H3,(H,32,36)(H,33,35)(H,34,37)/t15-,16?,23?,28?/m1/s1. The highest BCUT2D eigenvalue weighted by Crippen LogP contribution is 2.66. The predicted octanol–water partition coefficient (Wildman–Crippen LogP) is 5.62. The van der Waals surface area contributed by atoms with Crippen LogP contribution in [0.3, 0.4) is 0 Å². The normalized spacial score (nSPS) is 21.3. The summed E-state index contributed by atoms with van der Waals surface area (Å²) < 4.78 is 46.9. The number of carbonyl (C=O) groups is 3. The van der Waals surface area contributed by atoms with Crippen LogP contribution < -0.4 is 16.0 Å². The van der Waals surface area contributed by atoms with E-state index >= 15 is 0 Å². The molecule has 3 N–H and O–H groups in total. The zero-order chi connectivity index (χ0) is 27.8. The lowest BCUT2D eigenvalue weighted by atomic mass is 9.43. The van der Waals surface area contributed by atoms with Crippen LogP contribution in [0.2, 0.25) is 0 Å². The van der Waals surface area contributed by atoms with Gasteiger partial charge in [-0.05, 0) is 89.0 Å². The molecule has 1 unspecified atom stereocenters. The quantitative estimate of drug-likeness (QED) is 0.412. The summed E-state index contributed by atoms with van der Waals surface area (Å²) in [5.41, 5.74) is -0.902. The van der Waals surface area contributed by atoms with Crippen molar-refractivity contribution in [1.29, 1.82) is 0 Å². The molecule has 5 rings (SSSR count). The number of carbonyl (C=O) groups excluding carboxylic acids is 3. The maximum atomic E-state index is 14.3. The molecule has 0 aliphatic heterocycles.